The van der Waals surface area contributed by atoms with Gasteiger partial charge in [-0.3, -0.25) is 9.59 Å². The minimum Gasteiger partial charge on any atom is -0.484 e. The Balaban J connectivity index is 2.41. The molecular weight excluding hydrogens is 270 g/mol. The summed E-state index contributed by atoms with van der Waals surface area (Å²) in [6.45, 7) is 5.43. The molecule has 1 aromatic rings. The van der Waals surface area contributed by atoms with Crippen LogP contribution in [0.1, 0.15) is 32.8 Å². The van der Waals surface area contributed by atoms with Crippen molar-refractivity contribution < 1.29 is 19.4 Å². The van der Waals surface area contributed by atoms with Crippen molar-refractivity contribution in [2.75, 3.05) is 13.2 Å². The third-order valence-corrected chi connectivity index (χ3v) is 3.67. The van der Waals surface area contributed by atoms with Crippen LogP contribution in [0.4, 0.5) is 0 Å². The first kappa shape index (κ1) is 17.0. The molecule has 0 bridgehead atoms. The summed E-state index contributed by atoms with van der Waals surface area (Å²) < 4.78 is 5.37. The molecule has 1 amide bonds. The fourth-order valence-electron chi connectivity index (χ4n) is 1.67. The Morgan fingerprint density at radius 3 is 2.33 bits per heavy atom. The van der Waals surface area contributed by atoms with E-state index in [4.69, 9.17) is 9.84 Å². The molecule has 1 rings (SSSR count). The summed E-state index contributed by atoms with van der Waals surface area (Å²) in [6.07, 6.45) is 1.40. The zero-order valence-corrected chi connectivity index (χ0v) is 12.8. The molecule has 1 aromatic carbocycles. The normalized spacial score (nSPS) is 13.3. The number of benzene rings is 1. The van der Waals surface area contributed by atoms with Gasteiger partial charge in [-0.2, -0.15) is 0 Å². The summed E-state index contributed by atoms with van der Waals surface area (Å²) in [5, 5.41) is 11.7. The van der Waals surface area contributed by atoms with Crippen LogP contribution in [0.5, 0.6) is 5.75 Å². The van der Waals surface area contributed by atoms with E-state index in [-0.39, 0.29) is 19.1 Å². The molecule has 1 unspecified atom stereocenters. The van der Waals surface area contributed by atoms with Crippen molar-refractivity contribution in [1.29, 1.82) is 0 Å². The number of hydrogen-bond donors (Lipinski definition) is 2. The first-order valence-corrected chi connectivity index (χ1v) is 7.13. The van der Waals surface area contributed by atoms with Gasteiger partial charge in [0.25, 0.3) is 5.91 Å². The van der Waals surface area contributed by atoms with Crippen molar-refractivity contribution in [3.63, 3.8) is 0 Å². The van der Waals surface area contributed by atoms with E-state index in [1.807, 2.05) is 24.3 Å². The third-order valence-electron chi connectivity index (χ3n) is 3.67. The number of carbonyl (C=O) groups is 2. The van der Waals surface area contributed by atoms with E-state index in [2.05, 4.69) is 12.2 Å². The first-order valence-electron chi connectivity index (χ1n) is 7.13. The monoisotopic (exact) mass is 293 g/mol. The molecule has 0 radical (unpaired) electrons. The van der Waals surface area contributed by atoms with Gasteiger partial charge < -0.3 is 15.2 Å². The van der Waals surface area contributed by atoms with E-state index in [1.165, 1.54) is 5.56 Å². The van der Waals surface area contributed by atoms with E-state index in [1.54, 1.807) is 13.8 Å². The van der Waals surface area contributed by atoms with E-state index in [0.717, 1.165) is 6.42 Å². The summed E-state index contributed by atoms with van der Waals surface area (Å²) in [7, 11) is 0. The SMILES string of the molecule is CCc1ccc(OCC(=O)NCC(C)(CC)C(=O)O)cc1. The number of ether oxygens (including phenoxy) is 1. The number of nitrogens with one attached hydrogen (secondary N) is 1. The van der Waals surface area contributed by atoms with Crippen LogP contribution in [-0.4, -0.2) is 30.1 Å². The summed E-state index contributed by atoms with van der Waals surface area (Å²) in [4.78, 5) is 22.8. The van der Waals surface area contributed by atoms with Crippen molar-refractivity contribution in [2.45, 2.75) is 33.6 Å². The Hall–Kier alpha value is -2.04. The van der Waals surface area contributed by atoms with Gasteiger partial charge in [0.15, 0.2) is 6.61 Å². The van der Waals surface area contributed by atoms with Crippen LogP contribution in [0.15, 0.2) is 24.3 Å². The Morgan fingerprint density at radius 1 is 1.24 bits per heavy atom. The van der Waals surface area contributed by atoms with Gasteiger partial charge in [-0.15, -0.1) is 0 Å². The van der Waals surface area contributed by atoms with Crippen LogP contribution in [-0.2, 0) is 16.0 Å². The standard InChI is InChI=1S/C16H23NO4/c1-4-12-6-8-13(9-7-12)21-10-14(18)17-11-16(3,5-2)15(19)20/h6-9H,4-5,10-11H2,1-3H3,(H,17,18)(H,19,20). The minimum absolute atomic E-state index is 0.0931. The maximum absolute atomic E-state index is 11.7. The molecule has 116 valence electrons. The third kappa shape index (κ3) is 5.10. The van der Waals surface area contributed by atoms with Crippen molar-refractivity contribution in [2.24, 2.45) is 5.41 Å². The molecule has 0 fully saturated rings. The molecule has 2 N–H and O–H groups in total. The molecular formula is C16H23NO4. The number of rotatable bonds is 8. The molecule has 0 heterocycles. The smallest absolute Gasteiger partial charge is 0.311 e. The topological polar surface area (TPSA) is 75.6 Å². The second kappa shape index (κ2) is 7.67. The lowest BCUT2D eigenvalue weighted by Gasteiger charge is -2.23. The minimum atomic E-state index is -0.946. The van der Waals surface area contributed by atoms with Gasteiger partial charge in [-0.25, -0.2) is 0 Å². The Bertz CT molecular complexity index is 484. The highest BCUT2D eigenvalue weighted by atomic mass is 16.5. The van der Waals surface area contributed by atoms with E-state index in [9.17, 15) is 9.59 Å². The highest BCUT2D eigenvalue weighted by Gasteiger charge is 2.31. The van der Waals surface area contributed by atoms with E-state index >= 15 is 0 Å². The average Bonchev–Trinajstić information content (AvgIpc) is 2.50. The molecule has 0 aliphatic carbocycles. The molecule has 1 atom stereocenters. The van der Waals surface area contributed by atoms with Crippen LogP contribution < -0.4 is 10.1 Å². The Labute approximate surface area is 125 Å². The van der Waals surface area contributed by atoms with Crippen molar-refractivity contribution >= 4 is 11.9 Å². The molecule has 5 nitrogen and oxygen atoms in total. The summed E-state index contributed by atoms with van der Waals surface area (Å²) in [6, 6.07) is 7.54. The number of carboxylic acid groups (broad SMARTS) is 1. The number of carboxylic acids is 1. The van der Waals surface area contributed by atoms with Crippen molar-refractivity contribution in [1.82, 2.24) is 5.32 Å². The molecule has 0 saturated carbocycles. The van der Waals surface area contributed by atoms with Crippen LogP contribution in [0, 0.1) is 5.41 Å². The maximum atomic E-state index is 11.7. The number of amides is 1. The van der Waals surface area contributed by atoms with Gasteiger partial charge in [-0.05, 0) is 37.5 Å². The Morgan fingerprint density at radius 2 is 1.86 bits per heavy atom. The number of hydrogen-bond acceptors (Lipinski definition) is 3. The second-order valence-electron chi connectivity index (χ2n) is 5.28. The van der Waals surface area contributed by atoms with Gasteiger partial charge in [0, 0.05) is 6.54 Å². The van der Waals surface area contributed by atoms with Gasteiger partial charge in [0.05, 0.1) is 5.41 Å². The highest BCUT2D eigenvalue weighted by Crippen LogP contribution is 2.19. The Kier molecular flexibility index (Phi) is 6.21. The summed E-state index contributed by atoms with van der Waals surface area (Å²) >= 11 is 0. The quantitative estimate of drug-likeness (QED) is 0.771. The molecule has 0 aliphatic rings. The zero-order valence-electron chi connectivity index (χ0n) is 12.8. The lowest BCUT2D eigenvalue weighted by atomic mass is 9.88. The summed E-state index contributed by atoms with van der Waals surface area (Å²) in [5.41, 5.74) is 0.255. The maximum Gasteiger partial charge on any atom is 0.311 e. The molecule has 5 heteroatoms. The molecule has 0 spiro atoms. The molecule has 0 saturated heterocycles. The summed E-state index contributed by atoms with van der Waals surface area (Å²) in [5.74, 6) is -0.615. The van der Waals surface area contributed by atoms with E-state index in [0.29, 0.717) is 12.2 Å². The van der Waals surface area contributed by atoms with Crippen molar-refractivity contribution in [3.8, 4) is 5.75 Å². The number of carbonyl (C=O) groups excluding carboxylic acids is 1. The molecule has 0 aliphatic heterocycles. The predicted molar refractivity (Wildman–Crippen MR) is 80.4 cm³/mol. The van der Waals surface area contributed by atoms with Crippen LogP contribution in [0.2, 0.25) is 0 Å². The average molecular weight is 293 g/mol. The predicted octanol–water partition coefficient (Wildman–Crippen LogP) is 2.24. The van der Waals surface area contributed by atoms with Crippen LogP contribution >= 0.6 is 0 Å². The first-order chi connectivity index (χ1) is 9.91. The van der Waals surface area contributed by atoms with Crippen LogP contribution in [0.3, 0.4) is 0 Å². The second-order valence-corrected chi connectivity index (χ2v) is 5.28. The zero-order chi connectivity index (χ0) is 15.9. The van der Waals surface area contributed by atoms with Gasteiger partial charge in [0.1, 0.15) is 5.75 Å². The lowest BCUT2D eigenvalue weighted by Crippen LogP contribution is -2.42. The van der Waals surface area contributed by atoms with Crippen molar-refractivity contribution in [3.05, 3.63) is 29.8 Å². The van der Waals surface area contributed by atoms with Crippen LogP contribution in [0.25, 0.3) is 0 Å². The van der Waals surface area contributed by atoms with Gasteiger partial charge in [0.2, 0.25) is 0 Å². The fraction of sp³-hybridized carbons (Fsp3) is 0.500. The molecule has 21 heavy (non-hydrogen) atoms. The fourth-order valence-corrected chi connectivity index (χ4v) is 1.67. The highest BCUT2D eigenvalue weighted by molar-refractivity contribution is 5.79. The van der Waals surface area contributed by atoms with E-state index < -0.39 is 11.4 Å². The van der Waals surface area contributed by atoms with Gasteiger partial charge >= 0.3 is 5.97 Å². The number of aryl methyl sites for hydroxylation is 1. The molecule has 0 aromatic heterocycles. The largest absolute Gasteiger partial charge is 0.484 e. The van der Waals surface area contributed by atoms with Gasteiger partial charge in [-0.1, -0.05) is 26.0 Å². The number of aliphatic carboxylic acids is 1. The lowest BCUT2D eigenvalue weighted by molar-refractivity contribution is -0.148.